The SMILES string of the molecule is CNC(=O)C1CCCN(CCOc2cccc(N)c2)C1. The van der Waals surface area contributed by atoms with Gasteiger partial charge in [0, 0.05) is 31.9 Å². The summed E-state index contributed by atoms with van der Waals surface area (Å²) in [6, 6.07) is 7.45. The molecule has 1 atom stereocenters. The topological polar surface area (TPSA) is 67.6 Å². The van der Waals surface area contributed by atoms with E-state index in [1.807, 2.05) is 24.3 Å². The smallest absolute Gasteiger partial charge is 0.224 e. The van der Waals surface area contributed by atoms with E-state index in [-0.39, 0.29) is 11.8 Å². The molecule has 0 bridgehead atoms. The average Bonchev–Trinajstić information content (AvgIpc) is 2.47. The van der Waals surface area contributed by atoms with E-state index in [0.717, 1.165) is 38.2 Å². The molecule has 0 aliphatic carbocycles. The van der Waals surface area contributed by atoms with Crippen molar-refractivity contribution < 1.29 is 9.53 Å². The lowest BCUT2D eigenvalue weighted by Gasteiger charge is -2.31. The molecular formula is C15H23N3O2. The largest absolute Gasteiger partial charge is 0.492 e. The van der Waals surface area contributed by atoms with Gasteiger partial charge in [-0.05, 0) is 31.5 Å². The Morgan fingerprint density at radius 2 is 2.40 bits per heavy atom. The quantitative estimate of drug-likeness (QED) is 0.791. The summed E-state index contributed by atoms with van der Waals surface area (Å²) in [5, 5.41) is 2.73. The fraction of sp³-hybridized carbons (Fsp3) is 0.533. The summed E-state index contributed by atoms with van der Waals surface area (Å²) in [6.07, 6.45) is 2.04. The molecule has 1 heterocycles. The van der Waals surface area contributed by atoms with E-state index in [0.29, 0.717) is 12.3 Å². The monoisotopic (exact) mass is 277 g/mol. The summed E-state index contributed by atoms with van der Waals surface area (Å²) >= 11 is 0. The Balaban J connectivity index is 1.75. The minimum Gasteiger partial charge on any atom is -0.492 e. The summed E-state index contributed by atoms with van der Waals surface area (Å²) in [5.74, 6) is 1.05. The van der Waals surface area contributed by atoms with Crippen LogP contribution in [-0.2, 0) is 4.79 Å². The van der Waals surface area contributed by atoms with Crippen molar-refractivity contribution in [2.24, 2.45) is 5.92 Å². The number of hydrogen-bond donors (Lipinski definition) is 2. The molecule has 0 aromatic heterocycles. The van der Waals surface area contributed by atoms with Gasteiger partial charge in [0.05, 0.1) is 5.92 Å². The highest BCUT2D eigenvalue weighted by Crippen LogP contribution is 2.17. The molecule has 110 valence electrons. The number of hydrogen-bond acceptors (Lipinski definition) is 4. The number of nitrogens with one attached hydrogen (secondary N) is 1. The third kappa shape index (κ3) is 4.13. The number of carbonyl (C=O) groups excluding carboxylic acids is 1. The van der Waals surface area contributed by atoms with Gasteiger partial charge < -0.3 is 15.8 Å². The van der Waals surface area contributed by atoms with Crippen LogP contribution in [0.15, 0.2) is 24.3 Å². The average molecular weight is 277 g/mol. The van der Waals surface area contributed by atoms with Gasteiger partial charge in [0.25, 0.3) is 0 Å². The molecule has 0 spiro atoms. The number of carbonyl (C=O) groups is 1. The van der Waals surface area contributed by atoms with Crippen molar-refractivity contribution in [1.29, 1.82) is 0 Å². The zero-order valence-corrected chi connectivity index (χ0v) is 12.0. The van der Waals surface area contributed by atoms with Gasteiger partial charge in [-0.3, -0.25) is 9.69 Å². The number of nitrogens with two attached hydrogens (primary N) is 1. The molecule has 20 heavy (non-hydrogen) atoms. The van der Waals surface area contributed by atoms with E-state index >= 15 is 0 Å². The van der Waals surface area contributed by atoms with Gasteiger partial charge in [0.2, 0.25) is 5.91 Å². The molecule has 2 rings (SSSR count). The lowest BCUT2D eigenvalue weighted by atomic mass is 9.97. The molecule has 0 radical (unpaired) electrons. The van der Waals surface area contributed by atoms with Crippen LogP contribution in [0.2, 0.25) is 0 Å². The first kappa shape index (κ1) is 14.7. The number of likely N-dealkylation sites (tertiary alicyclic amines) is 1. The van der Waals surface area contributed by atoms with Crippen molar-refractivity contribution in [3.8, 4) is 5.75 Å². The fourth-order valence-corrected chi connectivity index (χ4v) is 2.57. The number of benzene rings is 1. The maximum atomic E-state index is 11.7. The highest BCUT2D eigenvalue weighted by molar-refractivity contribution is 5.78. The lowest BCUT2D eigenvalue weighted by molar-refractivity contribution is -0.126. The van der Waals surface area contributed by atoms with E-state index in [4.69, 9.17) is 10.5 Å². The number of ether oxygens (including phenoxy) is 1. The first-order valence-electron chi connectivity index (χ1n) is 7.11. The molecule has 1 aliphatic rings. The summed E-state index contributed by atoms with van der Waals surface area (Å²) in [6.45, 7) is 3.31. The van der Waals surface area contributed by atoms with E-state index in [2.05, 4.69) is 10.2 Å². The van der Waals surface area contributed by atoms with Crippen molar-refractivity contribution in [2.75, 3.05) is 39.0 Å². The predicted molar refractivity (Wildman–Crippen MR) is 79.6 cm³/mol. The third-order valence-corrected chi connectivity index (χ3v) is 3.66. The Kier molecular flexibility index (Phi) is 5.24. The second-order valence-electron chi connectivity index (χ2n) is 5.17. The van der Waals surface area contributed by atoms with Crippen molar-refractivity contribution >= 4 is 11.6 Å². The molecule has 1 unspecified atom stereocenters. The van der Waals surface area contributed by atoms with E-state index < -0.39 is 0 Å². The maximum absolute atomic E-state index is 11.7. The third-order valence-electron chi connectivity index (χ3n) is 3.66. The molecule has 3 N–H and O–H groups in total. The van der Waals surface area contributed by atoms with Crippen LogP contribution in [0.5, 0.6) is 5.75 Å². The van der Waals surface area contributed by atoms with Crippen LogP contribution >= 0.6 is 0 Å². The van der Waals surface area contributed by atoms with Gasteiger partial charge in [0.15, 0.2) is 0 Å². The highest BCUT2D eigenvalue weighted by atomic mass is 16.5. The van der Waals surface area contributed by atoms with Gasteiger partial charge in [-0.2, -0.15) is 0 Å². The van der Waals surface area contributed by atoms with E-state index in [9.17, 15) is 4.79 Å². The van der Waals surface area contributed by atoms with Gasteiger partial charge >= 0.3 is 0 Å². The van der Waals surface area contributed by atoms with Crippen LogP contribution in [0.4, 0.5) is 5.69 Å². The molecule has 0 saturated carbocycles. The summed E-state index contributed by atoms with van der Waals surface area (Å²) < 4.78 is 5.69. The Bertz CT molecular complexity index is 450. The molecule has 5 nitrogen and oxygen atoms in total. The summed E-state index contributed by atoms with van der Waals surface area (Å²) in [5.41, 5.74) is 6.41. The number of nitrogen functional groups attached to an aromatic ring is 1. The summed E-state index contributed by atoms with van der Waals surface area (Å²) in [7, 11) is 1.70. The van der Waals surface area contributed by atoms with Gasteiger partial charge in [-0.25, -0.2) is 0 Å². The predicted octanol–water partition coefficient (Wildman–Crippen LogP) is 1.11. The van der Waals surface area contributed by atoms with Crippen LogP contribution < -0.4 is 15.8 Å². The first-order chi connectivity index (χ1) is 9.69. The van der Waals surface area contributed by atoms with E-state index in [1.165, 1.54) is 0 Å². The first-order valence-corrected chi connectivity index (χ1v) is 7.11. The second-order valence-corrected chi connectivity index (χ2v) is 5.17. The Morgan fingerprint density at radius 1 is 1.55 bits per heavy atom. The molecule has 1 aromatic carbocycles. The second kappa shape index (κ2) is 7.14. The van der Waals surface area contributed by atoms with E-state index in [1.54, 1.807) is 7.05 Å². The highest BCUT2D eigenvalue weighted by Gasteiger charge is 2.24. The van der Waals surface area contributed by atoms with Gasteiger partial charge in [-0.15, -0.1) is 0 Å². The standard InChI is InChI=1S/C15H23N3O2/c1-17-15(19)12-4-3-7-18(11-12)8-9-20-14-6-2-5-13(16)10-14/h2,5-6,10,12H,3-4,7-9,11,16H2,1H3,(H,17,19). The van der Waals surface area contributed by atoms with Crippen LogP contribution in [0.1, 0.15) is 12.8 Å². The fourth-order valence-electron chi connectivity index (χ4n) is 2.57. The molecule has 1 aliphatic heterocycles. The zero-order valence-electron chi connectivity index (χ0n) is 12.0. The molecule has 5 heteroatoms. The Labute approximate surface area is 120 Å². The molecular weight excluding hydrogens is 254 g/mol. The van der Waals surface area contributed by atoms with Crippen molar-refractivity contribution in [3.63, 3.8) is 0 Å². The summed E-state index contributed by atoms with van der Waals surface area (Å²) in [4.78, 5) is 13.9. The maximum Gasteiger partial charge on any atom is 0.224 e. The van der Waals surface area contributed by atoms with Crippen molar-refractivity contribution in [3.05, 3.63) is 24.3 Å². The minimum atomic E-state index is 0.112. The zero-order chi connectivity index (χ0) is 14.4. The molecule has 1 fully saturated rings. The van der Waals surface area contributed by atoms with Crippen LogP contribution in [0.3, 0.4) is 0 Å². The number of piperidine rings is 1. The van der Waals surface area contributed by atoms with Gasteiger partial charge in [-0.1, -0.05) is 6.07 Å². The number of nitrogens with zero attached hydrogens (tertiary/aromatic N) is 1. The Morgan fingerprint density at radius 3 is 3.15 bits per heavy atom. The molecule has 1 amide bonds. The van der Waals surface area contributed by atoms with Gasteiger partial charge in [0.1, 0.15) is 12.4 Å². The number of anilines is 1. The molecule has 1 aromatic rings. The number of rotatable bonds is 5. The van der Waals surface area contributed by atoms with Crippen molar-refractivity contribution in [1.82, 2.24) is 10.2 Å². The number of amides is 1. The minimum absolute atomic E-state index is 0.112. The van der Waals surface area contributed by atoms with Crippen LogP contribution in [0, 0.1) is 5.92 Å². The normalized spacial score (nSPS) is 19.6. The van der Waals surface area contributed by atoms with Crippen molar-refractivity contribution in [2.45, 2.75) is 12.8 Å². The van der Waals surface area contributed by atoms with Crippen LogP contribution in [-0.4, -0.2) is 44.1 Å². The van der Waals surface area contributed by atoms with Crippen LogP contribution in [0.25, 0.3) is 0 Å². The Hall–Kier alpha value is -1.75. The lowest BCUT2D eigenvalue weighted by Crippen LogP contribution is -2.43. The molecule has 1 saturated heterocycles.